The van der Waals surface area contributed by atoms with Gasteiger partial charge in [0.15, 0.2) is 0 Å². The number of likely N-dealkylation sites (tertiary alicyclic amines) is 1. The third-order valence-electron chi connectivity index (χ3n) is 3.75. The van der Waals surface area contributed by atoms with Crippen LogP contribution in [-0.4, -0.2) is 63.1 Å². The number of amides is 3. The molecule has 8 heteroatoms. The molecule has 0 aromatic carbocycles. The van der Waals surface area contributed by atoms with Crippen LogP contribution in [0.1, 0.15) is 26.7 Å². The minimum atomic E-state index is -0.205. The molecular weight excluding hydrogens is 272 g/mol. The van der Waals surface area contributed by atoms with E-state index in [4.69, 9.17) is 0 Å². The molecule has 0 radical (unpaired) electrons. The molecule has 21 heavy (non-hydrogen) atoms. The topological polar surface area (TPSA) is 94.2 Å². The SMILES string of the molecule is CCN(CC)C(=O)N1CCCC(C(=O)Nc2ncn[nH]2)C1. The van der Waals surface area contributed by atoms with Crippen molar-refractivity contribution in [1.29, 1.82) is 0 Å². The molecule has 1 atom stereocenters. The maximum absolute atomic E-state index is 12.3. The Morgan fingerprint density at radius 3 is 2.86 bits per heavy atom. The van der Waals surface area contributed by atoms with E-state index in [9.17, 15) is 9.59 Å². The Kier molecular flexibility index (Phi) is 5.13. The van der Waals surface area contributed by atoms with E-state index in [0.717, 1.165) is 12.8 Å². The van der Waals surface area contributed by atoms with E-state index in [1.165, 1.54) is 6.33 Å². The summed E-state index contributed by atoms with van der Waals surface area (Å²) >= 11 is 0. The van der Waals surface area contributed by atoms with Gasteiger partial charge in [0.25, 0.3) is 0 Å². The second-order valence-electron chi connectivity index (χ2n) is 5.06. The number of nitrogens with one attached hydrogen (secondary N) is 2. The largest absolute Gasteiger partial charge is 0.325 e. The number of aromatic nitrogens is 3. The lowest BCUT2D eigenvalue weighted by Gasteiger charge is -2.35. The van der Waals surface area contributed by atoms with Crippen molar-refractivity contribution >= 4 is 17.9 Å². The van der Waals surface area contributed by atoms with E-state index in [0.29, 0.717) is 32.1 Å². The van der Waals surface area contributed by atoms with Crippen LogP contribution in [0.5, 0.6) is 0 Å². The Morgan fingerprint density at radius 1 is 1.48 bits per heavy atom. The highest BCUT2D eigenvalue weighted by molar-refractivity contribution is 5.91. The van der Waals surface area contributed by atoms with Crippen molar-refractivity contribution < 1.29 is 9.59 Å². The van der Waals surface area contributed by atoms with Gasteiger partial charge in [-0.1, -0.05) is 0 Å². The second kappa shape index (κ2) is 7.05. The standard InChI is InChI=1S/C13H22N6O2/c1-3-18(4-2)13(21)19-7-5-6-10(8-19)11(20)16-12-14-9-15-17-12/h9-10H,3-8H2,1-2H3,(H2,14,15,16,17,20). The second-order valence-corrected chi connectivity index (χ2v) is 5.06. The van der Waals surface area contributed by atoms with Gasteiger partial charge in [0.1, 0.15) is 6.33 Å². The van der Waals surface area contributed by atoms with Crippen LogP contribution in [0.15, 0.2) is 6.33 Å². The molecular formula is C13H22N6O2. The van der Waals surface area contributed by atoms with Gasteiger partial charge in [0.2, 0.25) is 11.9 Å². The molecule has 1 aromatic rings. The van der Waals surface area contributed by atoms with Gasteiger partial charge in [-0.15, -0.1) is 0 Å². The van der Waals surface area contributed by atoms with Crippen molar-refractivity contribution in [2.24, 2.45) is 5.92 Å². The Hall–Kier alpha value is -2.12. The average Bonchev–Trinajstić information content (AvgIpc) is 3.01. The zero-order chi connectivity index (χ0) is 15.2. The fraction of sp³-hybridized carbons (Fsp3) is 0.692. The summed E-state index contributed by atoms with van der Waals surface area (Å²) < 4.78 is 0. The highest BCUT2D eigenvalue weighted by Gasteiger charge is 2.30. The average molecular weight is 294 g/mol. The van der Waals surface area contributed by atoms with Gasteiger partial charge < -0.3 is 9.80 Å². The van der Waals surface area contributed by atoms with E-state index in [1.807, 2.05) is 13.8 Å². The van der Waals surface area contributed by atoms with Gasteiger partial charge in [-0.3, -0.25) is 10.1 Å². The van der Waals surface area contributed by atoms with Gasteiger partial charge >= 0.3 is 6.03 Å². The maximum Gasteiger partial charge on any atom is 0.320 e. The number of carbonyl (C=O) groups is 2. The van der Waals surface area contributed by atoms with Crippen molar-refractivity contribution in [3.63, 3.8) is 0 Å². The first-order valence-corrected chi connectivity index (χ1v) is 7.35. The molecule has 1 aliphatic rings. The molecule has 1 unspecified atom stereocenters. The molecule has 0 spiro atoms. The van der Waals surface area contributed by atoms with E-state index >= 15 is 0 Å². The Morgan fingerprint density at radius 2 is 2.24 bits per heavy atom. The molecule has 2 rings (SSSR count). The Labute approximate surface area is 123 Å². The number of H-pyrrole nitrogens is 1. The number of nitrogens with zero attached hydrogens (tertiary/aromatic N) is 4. The van der Waals surface area contributed by atoms with Crippen molar-refractivity contribution in [1.82, 2.24) is 25.0 Å². The number of hydrogen-bond acceptors (Lipinski definition) is 4. The maximum atomic E-state index is 12.3. The molecule has 0 saturated carbocycles. The number of urea groups is 1. The van der Waals surface area contributed by atoms with Crippen molar-refractivity contribution in [3.8, 4) is 0 Å². The summed E-state index contributed by atoms with van der Waals surface area (Å²) in [7, 11) is 0. The number of aromatic amines is 1. The fourth-order valence-electron chi connectivity index (χ4n) is 2.54. The Bertz CT molecular complexity index is 471. The summed E-state index contributed by atoms with van der Waals surface area (Å²) in [5.74, 6) is 0.0133. The lowest BCUT2D eigenvalue weighted by atomic mass is 9.97. The highest BCUT2D eigenvalue weighted by Crippen LogP contribution is 2.19. The normalized spacial score (nSPS) is 18.4. The van der Waals surface area contributed by atoms with Crippen LogP contribution in [0.3, 0.4) is 0 Å². The third-order valence-corrected chi connectivity index (χ3v) is 3.75. The zero-order valence-corrected chi connectivity index (χ0v) is 12.5. The summed E-state index contributed by atoms with van der Waals surface area (Å²) in [5.41, 5.74) is 0. The molecule has 0 bridgehead atoms. The van der Waals surface area contributed by atoms with Gasteiger partial charge in [0.05, 0.1) is 5.92 Å². The van der Waals surface area contributed by atoms with E-state index < -0.39 is 0 Å². The summed E-state index contributed by atoms with van der Waals surface area (Å²) in [4.78, 5) is 31.9. The molecule has 1 aromatic heterocycles. The first-order chi connectivity index (χ1) is 10.2. The molecule has 1 aliphatic heterocycles. The van der Waals surface area contributed by atoms with E-state index in [2.05, 4.69) is 20.5 Å². The van der Waals surface area contributed by atoms with Crippen LogP contribution in [-0.2, 0) is 4.79 Å². The summed E-state index contributed by atoms with van der Waals surface area (Å²) in [6.07, 6.45) is 2.95. The minimum absolute atomic E-state index is 0.0113. The first-order valence-electron chi connectivity index (χ1n) is 7.35. The van der Waals surface area contributed by atoms with Gasteiger partial charge in [-0.25, -0.2) is 9.89 Å². The molecule has 2 N–H and O–H groups in total. The van der Waals surface area contributed by atoms with Crippen LogP contribution >= 0.6 is 0 Å². The number of hydrogen-bond donors (Lipinski definition) is 2. The van der Waals surface area contributed by atoms with Crippen LogP contribution in [0.25, 0.3) is 0 Å². The monoisotopic (exact) mass is 294 g/mol. The van der Waals surface area contributed by atoms with Crippen LogP contribution in [0.2, 0.25) is 0 Å². The van der Waals surface area contributed by atoms with Crippen molar-refractivity contribution in [2.75, 3.05) is 31.5 Å². The molecule has 8 nitrogen and oxygen atoms in total. The van der Waals surface area contributed by atoms with Crippen molar-refractivity contribution in [2.45, 2.75) is 26.7 Å². The predicted octanol–water partition coefficient (Wildman–Crippen LogP) is 0.917. The van der Waals surface area contributed by atoms with Gasteiger partial charge in [-0.2, -0.15) is 10.1 Å². The molecule has 3 amide bonds. The van der Waals surface area contributed by atoms with Crippen LogP contribution < -0.4 is 5.32 Å². The number of piperidine rings is 1. The van der Waals surface area contributed by atoms with Gasteiger partial charge in [-0.05, 0) is 26.7 Å². The summed E-state index contributed by atoms with van der Waals surface area (Å²) in [6.45, 7) is 6.44. The van der Waals surface area contributed by atoms with Crippen molar-refractivity contribution in [3.05, 3.63) is 6.33 Å². The predicted molar refractivity (Wildman–Crippen MR) is 77.6 cm³/mol. The Balaban J connectivity index is 1.93. The summed E-state index contributed by atoms with van der Waals surface area (Å²) in [5, 5.41) is 8.97. The molecule has 2 heterocycles. The number of anilines is 1. The van der Waals surface area contributed by atoms with E-state index in [1.54, 1.807) is 9.80 Å². The fourth-order valence-corrected chi connectivity index (χ4v) is 2.54. The zero-order valence-electron chi connectivity index (χ0n) is 12.5. The first kappa shape index (κ1) is 15.3. The quantitative estimate of drug-likeness (QED) is 0.863. The minimum Gasteiger partial charge on any atom is -0.325 e. The molecule has 0 aliphatic carbocycles. The molecule has 116 valence electrons. The lowest BCUT2D eigenvalue weighted by molar-refractivity contribution is -0.121. The smallest absolute Gasteiger partial charge is 0.320 e. The van der Waals surface area contributed by atoms with Crippen LogP contribution in [0, 0.1) is 5.92 Å². The van der Waals surface area contributed by atoms with Gasteiger partial charge in [0, 0.05) is 26.2 Å². The highest BCUT2D eigenvalue weighted by atomic mass is 16.2. The van der Waals surface area contributed by atoms with E-state index in [-0.39, 0.29) is 17.9 Å². The third kappa shape index (κ3) is 3.71. The number of carbonyl (C=O) groups excluding carboxylic acids is 2. The lowest BCUT2D eigenvalue weighted by Crippen LogP contribution is -2.49. The molecule has 1 saturated heterocycles. The number of rotatable bonds is 4. The van der Waals surface area contributed by atoms with Crippen LogP contribution in [0.4, 0.5) is 10.7 Å². The summed E-state index contributed by atoms with van der Waals surface area (Å²) in [6, 6.07) is 0.0113. The molecule has 1 fully saturated rings.